The first kappa shape index (κ1) is 36.9. The fourth-order valence-electron chi connectivity index (χ4n) is 7.80. The number of ether oxygens (including phenoxy) is 1. The maximum Gasteiger partial charge on any atom is 0.255 e. The summed E-state index contributed by atoms with van der Waals surface area (Å²) >= 11 is 0. The molecule has 0 aromatic heterocycles. The van der Waals surface area contributed by atoms with Gasteiger partial charge in [0, 0.05) is 63.4 Å². The van der Waals surface area contributed by atoms with E-state index in [2.05, 4.69) is 64.5 Å². The van der Waals surface area contributed by atoms with Crippen LogP contribution in [-0.2, 0) is 16.1 Å². The van der Waals surface area contributed by atoms with Crippen molar-refractivity contribution in [1.82, 2.24) is 15.1 Å². The van der Waals surface area contributed by atoms with Crippen molar-refractivity contribution in [2.24, 2.45) is 0 Å². The standard InChI is InChI=1S/C44H48N4O6/c1-2-38(30-6-4-3-5-7-30)42(31-8-13-35(49)14-9-31)32-10-15-37(16-11-32)54-27-21-36(50)20-22-46-23-25-47(26-24-46)34-12-17-39-33(28-34)29-48(44(39)53)40-18-19-41(51)45-43(40)52/h3-17,28,36,40,49-50H,2,18-27,29H2,1H3,(H,45,51,52). The number of imide groups is 1. The number of nitrogens with one attached hydrogen (secondary N) is 1. The Hall–Kier alpha value is -5.45. The summed E-state index contributed by atoms with van der Waals surface area (Å²) in [6.07, 6.45) is 2.18. The number of anilines is 1. The molecule has 3 aliphatic rings. The van der Waals surface area contributed by atoms with Crippen LogP contribution < -0.4 is 15.0 Å². The molecule has 10 heteroatoms. The Morgan fingerprint density at radius 3 is 2.24 bits per heavy atom. The van der Waals surface area contributed by atoms with E-state index in [1.807, 2.05) is 42.5 Å². The van der Waals surface area contributed by atoms with Gasteiger partial charge in [0.2, 0.25) is 11.8 Å². The minimum atomic E-state index is -0.614. The van der Waals surface area contributed by atoms with Gasteiger partial charge in [0.25, 0.3) is 5.91 Å². The number of nitrogens with zero attached hydrogens (tertiary/aromatic N) is 3. The number of aliphatic hydroxyl groups is 1. The van der Waals surface area contributed by atoms with Gasteiger partial charge >= 0.3 is 0 Å². The molecule has 4 aromatic rings. The number of rotatable bonds is 13. The van der Waals surface area contributed by atoms with Crippen LogP contribution in [0.1, 0.15) is 71.6 Å². The average molecular weight is 729 g/mol. The summed E-state index contributed by atoms with van der Waals surface area (Å²) in [5.41, 5.74) is 8.21. The van der Waals surface area contributed by atoms with Crippen LogP contribution in [0.4, 0.5) is 5.69 Å². The number of aliphatic hydroxyl groups excluding tert-OH is 1. The Morgan fingerprint density at radius 1 is 0.852 bits per heavy atom. The molecule has 2 fully saturated rings. The molecule has 2 saturated heterocycles. The van der Waals surface area contributed by atoms with Gasteiger partial charge < -0.3 is 24.7 Å². The summed E-state index contributed by atoms with van der Waals surface area (Å²) in [6, 6.07) is 31.1. The molecule has 54 heavy (non-hydrogen) atoms. The SMILES string of the molecule is CCC(=C(c1ccc(O)cc1)c1ccc(OCCC(O)CCN2CCN(c3ccc4c(c3)CN(C3CCC(=O)NC3=O)C4=O)CC2)cc1)c1ccccc1. The highest BCUT2D eigenvalue weighted by Gasteiger charge is 2.39. The molecule has 4 aromatic carbocycles. The van der Waals surface area contributed by atoms with Gasteiger partial charge in [-0.1, -0.05) is 61.5 Å². The lowest BCUT2D eigenvalue weighted by molar-refractivity contribution is -0.136. The highest BCUT2D eigenvalue weighted by atomic mass is 16.5. The lowest BCUT2D eigenvalue weighted by Gasteiger charge is -2.36. The third-order valence-corrected chi connectivity index (χ3v) is 10.8. The molecule has 10 nitrogen and oxygen atoms in total. The van der Waals surface area contributed by atoms with Crippen molar-refractivity contribution in [1.29, 1.82) is 0 Å². The second-order valence-corrected chi connectivity index (χ2v) is 14.3. The lowest BCUT2D eigenvalue weighted by Crippen LogP contribution is -2.52. The second kappa shape index (κ2) is 16.7. The quantitative estimate of drug-likeness (QED) is 0.116. The number of phenolic OH excluding ortho intramolecular Hbond substituents is 1. The van der Waals surface area contributed by atoms with E-state index in [1.54, 1.807) is 17.0 Å². The highest BCUT2D eigenvalue weighted by Crippen LogP contribution is 2.36. The maximum absolute atomic E-state index is 13.1. The Balaban J connectivity index is 0.871. The molecule has 3 aliphatic heterocycles. The number of carbonyl (C=O) groups excluding carboxylic acids is 3. The van der Waals surface area contributed by atoms with E-state index < -0.39 is 18.1 Å². The third kappa shape index (κ3) is 8.35. The van der Waals surface area contributed by atoms with Crippen molar-refractivity contribution in [3.8, 4) is 11.5 Å². The van der Waals surface area contributed by atoms with Crippen LogP contribution in [0, 0.1) is 0 Å². The number of allylic oxidation sites excluding steroid dienone is 1. The van der Waals surface area contributed by atoms with Gasteiger partial charge in [-0.15, -0.1) is 0 Å². The third-order valence-electron chi connectivity index (χ3n) is 10.8. The molecule has 0 spiro atoms. The second-order valence-electron chi connectivity index (χ2n) is 14.3. The topological polar surface area (TPSA) is 123 Å². The number of piperidine rings is 1. The van der Waals surface area contributed by atoms with Crippen LogP contribution in [0.15, 0.2) is 97.1 Å². The molecular formula is C44H48N4O6. The summed E-state index contributed by atoms with van der Waals surface area (Å²) in [5.74, 6) is 0.148. The van der Waals surface area contributed by atoms with E-state index in [0.29, 0.717) is 38.0 Å². The van der Waals surface area contributed by atoms with Crippen molar-refractivity contribution in [3.05, 3.63) is 125 Å². The fourth-order valence-corrected chi connectivity index (χ4v) is 7.80. The van der Waals surface area contributed by atoms with Gasteiger partial charge in [-0.05, 0) is 95.1 Å². The maximum atomic E-state index is 13.1. The summed E-state index contributed by atoms with van der Waals surface area (Å²) in [6.45, 7) is 7.18. The number of hydrogen-bond acceptors (Lipinski definition) is 8. The molecule has 0 saturated carbocycles. The summed E-state index contributed by atoms with van der Waals surface area (Å²) in [7, 11) is 0. The largest absolute Gasteiger partial charge is 0.508 e. The van der Waals surface area contributed by atoms with Crippen molar-refractivity contribution < 1.29 is 29.3 Å². The van der Waals surface area contributed by atoms with Crippen LogP contribution in [0.2, 0.25) is 0 Å². The highest BCUT2D eigenvalue weighted by molar-refractivity contribution is 6.05. The van der Waals surface area contributed by atoms with E-state index in [4.69, 9.17) is 4.74 Å². The van der Waals surface area contributed by atoms with Crippen LogP contribution in [0.3, 0.4) is 0 Å². The van der Waals surface area contributed by atoms with Crippen molar-refractivity contribution in [2.45, 2.75) is 57.7 Å². The van der Waals surface area contributed by atoms with Crippen molar-refractivity contribution in [3.63, 3.8) is 0 Å². The van der Waals surface area contributed by atoms with Crippen LogP contribution in [-0.4, -0.2) is 89.2 Å². The van der Waals surface area contributed by atoms with Gasteiger partial charge in [-0.3, -0.25) is 24.6 Å². The Bertz CT molecular complexity index is 1990. The molecule has 0 bridgehead atoms. The van der Waals surface area contributed by atoms with E-state index >= 15 is 0 Å². The minimum absolute atomic E-state index is 0.157. The summed E-state index contributed by atoms with van der Waals surface area (Å²) in [4.78, 5) is 43.4. The van der Waals surface area contributed by atoms with Gasteiger partial charge in [0.15, 0.2) is 0 Å². The first-order valence-corrected chi connectivity index (χ1v) is 19.0. The van der Waals surface area contributed by atoms with E-state index in [-0.39, 0.29) is 24.0 Å². The summed E-state index contributed by atoms with van der Waals surface area (Å²) in [5, 5.41) is 23.1. The number of phenols is 1. The number of fused-ring (bicyclic) bond motifs is 1. The molecular weight excluding hydrogens is 681 g/mol. The molecule has 7 rings (SSSR count). The number of benzene rings is 4. The van der Waals surface area contributed by atoms with Crippen LogP contribution >= 0.6 is 0 Å². The van der Waals surface area contributed by atoms with Crippen molar-refractivity contribution in [2.75, 3.05) is 44.2 Å². The van der Waals surface area contributed by atoms with E-state index in [9.17, 15) is 24.6 Å². The molecule has 3 heterocycles. The zero-order chi connectivity index (χ0) is 37.6. The normalized spacial score (nSPS) is 18.6. The van der Waals surface area contributed by atoms with Gasteiger partial charge in [-0.2, -0.15) is 0 Å². The van der Waals surface area contributed by atoms with E-state index in [1.165, 1.54) is 11.1 Å². The Morgan fingerprint density at radius 2 is 1.56 bits per heavy atom. The Labute approximate surface area is 316 Å². The number of carbonyl (C=O) groups is 3. The van der Waals surface area contributed by atoms with Crippen LogP contribution in [0.5, 0.6) is 11.5 Å². The minimum Gasteiger partial charge on any atom is -0.508 e. The monoisotopic (exact) mass is 728 g/mol. The predicted molar refractivity (Wildman–Crippen MR) is 209 cm³/mol. The average Bonchev–Trinajstić information content (AvgIpc) is 3.52. The molecule has 3 N–H and O–H groups in total. The molecule has 3 amide bonds. The zero-order valence-corrected chi connectivity index (χ0v) is 30.7. The smallest absolute Gasteiger partial charge is 0.255 e. The lowest BCUT2D eigenvalue weighted by atomic mass is 9.88. The van der Waals surface area contributed by atoms with Gasteiger partial charge in [0.1, 0.15) is 17.5 Å². The number of hydrogen-bond donors (Lipinski definition) is 3. The molecule has 280 valence electrons. The predicted octanol–water partition coefficient (Wildman–Crippen LogP) is 5.86. The number of piperazine rings is 1. The molecule has 2 unspecified atom stereocenters. The molecule has 2 atom stereocenters. The fraction of sp³-hybridized carbons (Fsp3) is 0.341. The molecule has 0 radical (unpaired) electrons. The Kier molecular flexibility index (Phi) is 11.4. The number of aromatic hydroxyl groups is 1. The number of amides is 3. The zero-order valence-electron chi connectivity index (χ0n) is 30.7. The first-order valence-electron chi connectivity index (χ1n) is 19.0. The summed E-state index contributed by atoms with van der Waals surface area (Å²) < 4.78 is 6.06. The first-order chi connectivity index (χ1) is 26.3. The van der Waals surface area contributed by atoms with Crippen molar-refractivity contribution >= 4 is 34.6 Å². The van der Waals surface area contributed by atoms with E-state index in [0.717, 1.165) is 72.8 Å². The van der Waals surface area contributed by atoms with Gasteiger partial charge in [0.05, 0.1) is 12.7 Å². The van der Waals surface area contributed by atoms with Crippen LogP contribution in [0.25, 0.3) is 11.1 Å². The van der Waals surface area contributed by atoms with Gasteiger partial charge in [-0.25, -0.2) is 0 Å². The molecule has 0 aliphatic carbocycles.